The summed E-state index contributed by atoms with van der Waals surface area (Å²) >= 11 is 1.27. The Kier molecular flexibility index (Phi) is 4.79. The summed E-state index contributed by atoms with van der Waals surface area (Å²) in [6.45, 7) is 5.40. The predicted octanol–water partition coefficient (Wildman–Crippen LogP) is 1.46. The van der Waals surface area contributed by atoms with Crippen molar-refractivity contribution in [2.75, 3.05) is 17.6 Å². The highest BCUT2D eigenvalue weighted by atomic mass is 32.1. The van der Waals surface area contributed by atoms with Gasteiger partial charge in [0.25, 0.3) is 5.91 Å². The van der Waals surface area contributed by atoms with Crippen LogP contribution in [0.5, 0.6) is 0 Å². The first-order valence-corrected chi connectivity index (χ1v) is 7.54. The predicted molar refractivity (Wildman–Crippen MR) is 84.2 cm³/mol. The zero-order chi connectivity index (χ0) is 15.4. The van der Waals surface area contributed by atoms with E-state index in [0.29, 0.717) is 22.5 Å². The van der Waals surface area contributed by atoms with Crippen molar-refractivity contribution in [1.82, 2.24) is 20.1 Å². The standard InChI is InChI=1S/C13H20N6OS/c1-8(2)6-16-13-18-11(14)10(21-13)12(20)15-7-9-4-5-17-19(9)3/h4-5,8H,6-7,14H2,1-3H3,(H,15,20)(H,16,18). The molecular formula is C13H20N6OS. The number of amides is 1. The summed E-state index contributed by atoms with van der Waals surface area (Å²) in [5.41, 5.74) is 6.73. The van der Waals surface area contributed by atoms with Gasteiger partial charge in [-0.3, -0.25) is 9.48 Å². The summed E-state index contributed by atoms with van der Waals surface area (Å²) in [7, 11) is 1.83. The Morgan fingerprint density at radius 3 is 2.90 bits per heavy atom. The van der Waals surface area contributed by atoms with E-state index >= 15 is 0 Å². The number of hydrogen-bond donors (Lipinski definition) is 3. The molecule has 0 bridgehead atoms. The first kappa shape index (κ1) is 15.3. The van der Waals surface area contributed by atoms with E-state index in [1.54, 1.807) is 10.9 Å². The van der Waals surface area contributed by atoms with Crippen molar-refractivity contribution in [1.29, 1.82) is 0 Å². The Morgan fingerprint density at radius 1 is 1.52 bits per heavy atom. The second-order valence-corrected chi connectivity index (χ2v) is 6.14. The SMILES string of the molecule is CC(C)CNc1nc(N)c(C(=O)NCc2ccnn2C)s1. The van der Waals surface area contributed by atoms with Crippen molar-refractivity contribution < 1.29 is 4.79 Å². The Bertz CT molecular complexity index is 618. The highest BCUT2D eigenvalue weighted by Gasteiger charge is 2.16. The summed E-state index contributed by atoms with van der Waals surface area (Å²) in [6, 6.07) is 1.85. The molecule has 114 valence electrons. The van der Waals surface area contributed by atoms with Crippen LogP contribution in [0.2, 0.25) is 0 Å². The summed E-state index contributed by atoms with van der Waals surface area (Å²) in [4.78, 5) is 16.8. The molecule has 0 spiro atoms. The van der Waals surface area contributed by atoms with Crippen LogP contribution in [0, 0.1) is 5.92 Å². The normalized spacial score (nSPS) is 10.9. The van der Waals surface area contributed by atoms with Crippen LogP contribution in [0.3, 0.4) is 0 Å². The van der Waals surface area contributed by atoms with Crippen molar-refractivity contribution in [2.24, 2.45) is 13.0 Å². The molecule has 0 saturated heterocycles. The van der Waals surface area contributed by atoms with E-state index in [2.05, 4.69) is 34.6 Å². The molecule has 4 N–H and O–H groups in total. The number of rotatable bonds is 6. The zero-order valence-corrected chi connectivity index (χ0v) is 13.2. The lowest BCUT2D eigenvalue weighted by atomic mass is 10.2. The third-order valence-electron chi connectivity index (χ3n) is 2.87. The highest BCUT2D eigenvalue weighted by Crippen LogP contribution is 2.25. The average Bonchev–Trinajstić information content (AvgIpc) is 3.00. The molecular weight excluding hydrogens is 288 g/mol. The summed E-state index contributed by atoms with van der Waals surface area (Å²) in [5, 5.41) is 10.7. The summed E-state index contributed by atoms with van der Waals surface area (Å²) < 4.78 is 1.71. The third-order valence-corrected chi connectivity index (χ3v) is 3.90. The molecule has 0 unspecified atom stereocenters. The number of carbonyl (C=O) groups excluding carboxylic acids is 1. The molecule has 0 fully saturated rings. The number of aryl methyl sites for hydroxylation is 1. The zero-order valence-electron chi connectivity index (χ0n) is 12.4. The molecule has 0 aliphatic heterocycles. The number of thiazole rings is 1. The Morgan fingerprint density at radius 2 is 2.29 bits per heavy atom. The molecule has 2 rings (SSSR count). The molecule has 2 aromatic rings. The van der Waals surface area contributed by atoms with Crippen LogP contribution in [-0.2, 0) is 13.6 Å². The minimum Gasteiger partial charge on any atom is -0.382 e. The van der Waals surface area contributed by atoms with Gasteiger partial charge in [0.05, 0.1) is 12.2 Å². The van der Waals surface area contributed by atoms with E-state index in [4.69, 9.17) is 5.73 Å². The monoisotopic (exact) mass is 308 g/mol. The minimum atomic E-state index is -0.219. The van der Waals surface area contributed by atoms with Crippen molar-refractivity contribution in [2.45, 2.75) is 20.4 Å². The number of nitrogens with one attached hydrogen (secondary N) is 2. The lowest BCUT2D eigenvalue weighted by molar-refractivity contribution is 0.0955. The fraction of sp³-hybridized carbons (Fsp3) is 0.462. The minimum absolute atomic E-state index is 0.219. The van der Waals surface area contributed by atoms with Crippen molar-refractivity contribution in [3.8, 4) is 0 Å². The molecule has 0 aromatic carbocycles. The van der Waals surface area contributed by atoms with Crippen LogP contribution in [-0.4, -0.2) is 27.2 Å². The number of anilines is 2. The second kappa shape index (κ2) is 6.57. The fourth-order valence-electron chi connectivity index (χ4n) is 1.69. The molecule has 0 saturated carbocycles. The van der Waals surface area contributed by atoms with E-state index in [1.165, 1.54) is 11.3 Å². The van der Waals surface area contributed by atoms with Gasteiger partial charge in [-0.25, -0.2) is 4.98 Å². The molecule has 21 heavy (non-hydrogen) atoms. The fourth-order valence-corrected chi connectivity index (χ4v) is 2.50. The highest BCUT2D eigenvalue weighted by molar-refractivity contribution is 7.18. The maximum atomic E-state index is 12.1. The molecule has 7 nitrogen and oxygen atoms in total. The molecule has 8 heteroatoms. The Balaban J connectivity index is 1.97. The van der Waals surface area contributed by atoms with E-state index in [-0.39, 0.29) is 11.7 Å². The van der Waals surface area contributed by atoms with Gasteiger partial charge in [0.1, 0.15) is 10.7 Å². The van der Waals surface area contributed by atoms with Gasteiger partial charge in [-0.1, -0.05) is 25.2 Å². The topological polar surface area (TPSA) is 97.9 Å². The van der Waals surface area contributed by atoms with Crippen LogP contribution in [0.25, 0.3) is 0 Å². The van der Waals surface area contributed by atoms with Gasteiger partial charge < -0.3 is 16.4 Å². The lowest BCUT2D eigenvalue weighted by Gasteiger charge is -2.04. The summed E-state index contributed by atoms with van der Waals surface area (Å²) in [6.07, 6.45) is 1.69. The van der Waals surface area contributed by atoms with Crippen molar-refractivity contribution >= 4 is 28.2 Å². The number of hydrogen-bond acceptors (Lipinski definition) is 6. The number of nitrogens with two attached hydrogens (primary N) is 1. The molecule has 0 aliphatic carbocycles. The van der Waals surface area contributed by atoms with Crippen LogP contribution in [0.1, 0.15) is 29.2 Å². The largest absolute Gasteiger partial charge is 0.382 e. The number of aromatic nitrogens is 3. The maximum absolute atomic E-state index is 12.1. The van der Waals surface area contributed by atoms with Crippen LogP contribution >= 0.6 is 11.3 Å². The van der Waals surface area contributed by atoms with Gasteiger partial charge in [-0.15, -0.1) is 0 Å². The van der Waals surface area contributed by atoms with E-state index < -0.39 is 0 Å². The molecule has 2 aromatic heterocycles. The van der Waals surface area contributed by atoms with E-state index in [1.807, 2.05) is 13.1 Å². The van der Waals surface area contributed by atoms with Gasteiger partial charge in [0.15, 0.2) is 5.13 Å². The lowest BCUT2D eigenvalue weighted by Crippen LogP contribution is -2.24. The quantitative estimate of drug-likeness (QED) is 0.750. The number of carbonyl (C=O) groups is 1. The average molecular weight is 308 g/mol. The Labute approximate surface area is 127 Å². The molecule has 2 heterocycles. The summed E-state index contributed by atoms with van der Waals surface area (Å²) in [5.74, 6) is 0.537. The van der Waals surface area contributed by atoms with Gasteiger partial charge in [0, 0.05) is 19.8 Å². The third kappa shape index (κ3) is 3.94. The van der Waals surface area contributed by atoms with Crippen molar-refractivity contribution in [3.05, 3.63) is 22.8 Å². The van der Waals surface area contributed by atoms with Gasteiger partial charge in [-0.05, 0) is 12.0 Å². The van der Waals surface area contributed by atoms with E-state index in [0.717, 1.165) is 12.2 Å². The van der Waals surface area contributed by atoms with Crippen LogP contribution in [0.4, 0.5) is 10.9 Å². The van der Waals surface area contributed by atoms with Crippen LogP contribution < -0.4 is 16.4 Å². The van der Waals surface area contributed by atoms with E-state index in [9.17, 15) is 4.79 Å². The first-order chi connectivity index (χ1) is 9.97. The molecule has 0 radical (unpaired) electrons. The first-order valence-electron chi connectivity index (χ1n) is 6.72. The smallest absolute Gasteiger partial charge is 0.265 e. The van der Waals surface area contributed by atoms with Crippen molar-refractivity contribution in [3.63, 3.8) is 0 Å². The molecule has 0 atom stereocenters. The molecule has 1 amide bonds. The van der Waals surface area contributed by atoms with Gasteiger partial charge in [-0.2, -0.15) is 5.10 Å². The van der Waals surface area contributed by atoms with Gasteiger partial charge in [0.2, 0.25) is 0 Å². The maximum Gasteiger partial charge on any atom is 0.265 e. The number of nitrogen functional groups attached to an aromatic ring is 1. The molecule has 0 aliphatic rings. The second-order valence-electron chi connectivity index (χ2n) is 5.14. The Hall–Kier alpha value is -2.09. The van der Waals surface area contributed by atoms with Gasteiger partial charge >= 0.3 is 0 Å². The van der Waals surface area contributed by atoms with Crippen LogP contribution in [0.15, 0.2) is 12.3 Å². The number of nitrogens with zero attached hydrogens (tertiary/aromatic N) is 3.